The average Bonchev–Trinajstić information content (AvgIpc) is 2.27. The van der Waals surface area contributed by atoms with E-state index in [0.29, 0.717) is 12.5 Å². The van der Waals surface area contributed by atoms with Gasteiger partial charge in [-0.1, -0.05) is 0 Å². The molecule has 0 radical (unpaired) electrons. The van der Waals surface area contributed by atoms with Gasteiger partial charge in [-0.15, -0.1) is 12.3 Å². The SMILES string of the molecule is C#CCC(N)C(=O)NCC1CCCOC1. The predicted octanol–water partition coefficient (Wildman–Crippen LogP) is -0.120. The summed E-state index contributed by atoms with van der Waals surface area (Å²) in [6.45, 7) is 2.20. The van der Waals surface area contributed by atoms with Crippen LogP contribution in [0.3, 0.4) is 0 Å². The van der Waals surface area contributed by atoms with E-state index in [-0.39, 0.29) is 12.3 Å². The maximum absolute atomic E-state index is 11.4. The number of ether oxygens (including phenoxy) is 1. The minimum absolute atomic E-state index is 0.168. The number of nitrogens with two attached hydrogens (primary N) is 1. The number of nitrogens with one attached hydrogen (secondary N) is 1. The molecule has 4 heteroatoms. The number of amides is 1. The van der Waals surface area contributed by atoms with E-state index in [1.165, 1.54) is 0 Å². The van der Waals surface area contributed by atoms with Crippen molar-refractivity contribution in [3.05, 3.63) is 0 Å². The minimum atomic E-state index is -0.584. The van der Waals surface area contributed by atoms with Crippen LogP contribution in [-0.2, 0) is 9.53 Å². The van der Waals surface area contributed by atoms with E-state index in [1.807, 2.05) is 0 Å². The van der Waals surface area contributed by atoms with Crippen molar-refractivity contribution >= 4 is 5.91 Å². The highest BCUT2D eigenvalue weighted by atomic mass is 16.5. The van der Waals surface area contributed by atoms with E-state index in [4.69, 9.17) is 16.9 Å². The van der Waals surface area contributed by atoms with Crippen LogP contribution in [0.1, 0.15) is 19.3 Å². The lowest BCUT2D eigenvalue weighted by Crippen LogP contribution is -2.43. The van der Waals surface area contributed by atoms with Crippen LogP contribution in [0.2, 0.25) is 0 Å². The molecular weight excluding hydrogens is 192 g/mol. The van der Waals surface area contributed by atoms with Crippen LogP contribution in [0.4, 0.5) is 0 Å². The summed E-state index contributed by atoms with van der Waals surface area (Å²) < 4.78 is 5.31. The molecule has 0 bridgehead atoms. The second kappa shape index (κ2) is 6.44. The fourth-order valence-corrected chi connectivity index (χ4v) is 1.56. The Kier molecular flexibility index (Phi) is 5.16. The fraction of sp³-hybridized carbons (Fsp3) is 0.727. The zero-order valence-corrected chi connectivity index (χ0v) is 8.87. The van der Waals surface area contributed by atoms with Crippen molar-refractivity contribution in [1.29, 1.82) is 0 Å². The summed E-state index contributed by atoms with van der Waals surface area (Å²) in [5.41, 5.74) is 5.56. The molecule has 3 N–H and O–H groups in total. The van der Waals surface area contributed by atoms with Crippen LogP contribution in [0, 0.1) is 18.3 Å². The molecule has 1 fully saturated rings. The Labute approximate surface area is 90.5 Å². The van der Waals surface area contributed by atoms with Crippen LogP contribution >= 0.6 is 0 Å². The standard InChI is InChI=1S/C11H18N2O2/c1-2-4-10(12)11(14)13-7-9-5-3-6-15-8-9/h1,9-10H,3-8,12H2,(H,13,14). The van der Waals surface area contributed by atoms with Crippen LogP contribution in [0.5, 0.6) is 0 Å². The molecule has 1 rings (SSSR count). The van der Waals surface area contributed by atoms with E-state index in [2.05, 4.69) is 11.2 Å². The Morgan fingerprint density at radius 2 is 2.53 bits per heavy atom. The molecule has 0 saturated carbocycles. The zero-order valence-electron chi connectivity index (χ0n) is 8.87. The van der Waals surface area contributed by atoms with Gasteiger partial charge in [0.1, 0.15) is 0 Å². The molecule has 1 heterocycles. The van der Waals surface area contributed by atoms with Crippen molar-refractivity contribution in [2.45, 2.75) is 25.3 Å². The lowest BCUT2D eigenvalue weighted by atomic mass is 10.0. The van der Waals surface area contributed by atoms with Gasteiger partial charge in [0, 0.05) is 19.6 Å². The summed E-state index contributed by atoms with van der Waals surface area (Å²) in [5, 5.41) is 2.80. The highest BCUT2D eigenvalue weighted by Gasteiger charge is 2.17. The summed E-state index contributed by atoms with van der Waals surface area (Å²) in [7, 11) is 0. The molecule has 15 heavy (non-hydrogen) atoms. The Morgan fingerprint density at radius 3 is 3.13 bits per heavy atom. The van der Waals surface area contributed by atoms with Gasteiger partial charge >= 0.3 is 0 Å². The second-order valence-electron chi connectivity index (χ2n) is 3.84. The molecule has 0 aromatic carbocycles. The van der Waals surface area contributed by atoms with Crippen molar-refractivity contribution in [2.24, 2.45) is 11.7 Å². The molecule has 0 spiro atoms. The first-order valence-electron chi connectivity index (χ1n) is 5.28. The highest BCUT2D eigenvalue weighted by molar-refractivity contribution is 5.81. The molecule has 2 atom stereocenters. The third kappa shape index (κ3) is 4.32. The topological polar surface area (TPSA) is 64.4 Å². The van der Waals surface area contributed by atoms with Crippen molar-refractivity contribution < 1.29 is 9.53 Å². The van der Waals surface area contributed by atoms with Gasteiger partial charge in [0.15, 0.2) is 0 Å². The third-order valence-electron chi connectivity index (χ3n) is 2.49. The Bertz CT molecular complexity index is 241. The van der Waals surface area contributed by atoms with Crippen molar-refractivity contribution in [3.8, 4) is 12.3 Å². The summed E-state index contributed by atoms with van der Waals surface area (Å²) in [6, 6.07) is -0.584. The van der Waals surface area contributed by atoms with Crippen molar-refractivity contribution in [3.63, 3.8) is 0 Å². The first-order chi connectivity index (χ1) is 7.24. The largest absolute Gasteiger partial charge is 0.381 e. The van der Waals surface area contributed by atoms with Gasteiger partial charge in [-0.3, -0.25) is 4.79 Å². The normalized spacial score (nSPS) is 22.8. The van der Waals surface area contributed by atoms with E-state index >= 15 is 0 Å². The number of carbonyl (C=O) groups is 1. The molecule has 84 valence electrons. The number of carbonyl (C=O) groups excluding carboxylic acids is 1. The average molecular weight is 210 g/mol. The fourth-order valence-electron chi connectivity index (χ4n) is 1.56. The van der Waals surface area contributed by atoms with Gasteiger partial charge in [0.25, 0.3) is 0 Å². The van der Waals surface area contributed by atoms with Crippen molar-refractivity contribution in [2.75, 3.05) is 19.8 Å². The summed E-state index contributed by atoms with van der Waals surface area (Å²) in [4.78, 5) is 11.4. The monoisotopic (exact) mass is 210 g/mol. The highest BCUT2D eigenvalue weighted by Crippen LogP contribution is 2.11. The van der Waals surface area contributed by atoms with Gasteiger partial charge in [-0.2, -0.15) is 0 Å². The Morgan fingerprint density at radius 1 is 1.73 bits per heavy atom. The van der Waals surface area contributed by atoms with E-state index in [9.17, 15) is 4.79 Å². The van der Waals surface area contributed by atoms with Gasteiger partial charge < -0.3 is 15.8 Å². The lowest BCUT2D eigenvalue weighted by Gasteiger charge is -2.22. The van der Waals surface area contributed by atoms with Crippen LogP contribution in [0.15, 0.2) is 0 Å². The van der Waals surface area contributed by atoms with Gasteiger partial charge in [-0.05, 0) is 18.8 Å². The Balaban J connectivity index is 2.18. The van der Waals surface area contributed by atoms with Gasteiger partial charge in [-0.25, -0.2) is 0 Å². The van der Waals surface area contributed by atoms with Crippen LogP contribution < -0.4 is 11.1 Å². The first-order valence-corrected chi connectivity index (χ1v) is 5.28. The summed E-state index contributed by atoms with van der Waals surface area (Å²) in [6.07, 6.45) is 7.53. The molecule has 1 saturated heterocycles. The number of rotatable bonds is 4. The zero-order chi connectivity index (χ0) is 11.1. The van der Waals surface area contributed by atoms with E-state index in [1.54, 1.807) is 0 Å². The van der Waals surface area contributed by atoms with Crippen molar-refractivity contribution in [1.82, 2.24) is 5.32 Å². The molecule has 1 aliphatic rings. The summed E-state index contributed by atoms with van der Waals surface area (Å²) >= 11 is 0. The number of hydrogen-bond donors (Lipinski definition) is 2. The maximum atomic E-state index is 11.4. The molecule has 4 nitrogen and oxygen atoms in total. The Hall–Kier alpha value is -1.05. The van der Waals surface area contributed by atoms with Gasteiger partial charge in [0.2, 0.25) is 5.91 Å². The number of hydrogen-bond acceptors (Lipinski definition) is 3. The smallest absolute Gasteiger partial charge is 0.237 e. The quantitative estimate of drug-likeness (QED) is 0.636. The molecular formula is C11H18N2O2. The molecule has 1 amide bonds. The molecule has 1 aliphatic heterocycles. The van der Waals surface area contributed by atoms with Gasteiger partial charge in [0.05, 0.1) is 12.6 Å². The molecule has 0 aromatic heterocycles. The van der Waals surface area contributed by atoms with Crippen LogP contribution in [0.25, 0.3) is 0 Å². The van der Waals surface area contributed by atoms with Crippen LogP contribution in [-0.4, -0.2) is 31.7 Å². The maximum Gasteiger partial charge on any atom is 0.237 e. The molecule has 2 unspecified atom stereocenters. The number of terminal acetylenes is 1. The lowest BCUT2D eigenvalue weighted by molar-refractivity contribution is -0.122. The molecule has 0 aromatic rings. The molecule has 0 aliphatic carbocycles. The second-order valence-corrected chi connectivity index (χ2v) is 3.84. The minimum Gasteiger partial charge on any atom is -0.381 e. The third-order valence-corrected chi connectivity index (χ3v) is 2.49. The van der Waals surface area contributed by atoms with E-state index in [0.717, 1.165) is 26.1 Å². The van der Waals surface area contributed by atoms with E-state index < -0.39 is 6.04 Å². The first kappa shape index (κ1) is 12.0. The predicted molar refractivity (Wildman–Crippen MR) is 58.0 cm³/mol. The summed E-state index contributed by atoms with van der Waals surface area (Å²) in [5.74, 6) is 2.63.